The maximum Gasteiger partial charge on any atom is 0.407 e. The van der Waals surface area contributed by atoms with E-state index in [0.29, 0.717) is 13.1 Å². The van der Waals surface area contributed by atoms with Gasteiger partial charge >= 0.3 is 6.09 Å². The number of pyridine rings is 1. The van der Waals surface area contributed by atoms with E-state index in [9.17, 15) is 14.3 Å². The molecule has 1 atom stereocenters. The zero-order valence-corrected chi connectivity index (χ0v) is 24.2. The monoisotopic (exact) mass is 572 g/mol. The van der Waals surface area contributed by atoms with Gasteiger partial charge in [-0.1, -0.05) is 18.2 Å². The van der Waals surface area contributed by atoms with Crippen LogP contribution in [0.4, 0.5) is 20.8 Å². The Morgan fingerprint density at radius 2 is 1.93 bits per heavy atom. The average Bonchev–Trinajstić information content (AvgIpc) is 3.58. The number of hydrogen-bond donors (Lipinski definition) is 2. The summed E-state index contributed by atoms with van der Waals surface area (Å²) in [4.78, 5) is 27.0. The first-order chi connectivity index (χ1) is 20.2. The minimum absolute atomic E-state index is 0.0766. The number of halogens is 1. The fourth-order valence-electron chi connectivity index (χ4n) is 5.93. The Kier molecular flexibility index (Phi) is 7.44. The van der Waals surface area contributed by atoms with Crippen molar-refractivity contribution >= 4 is 23.4 Å². The maximum absolute atomic E-state index is 14.0. The number of rotatable bonds is 8. The van der Waals surface area contributed by atoms with Crippen molar-refractivity contribution in [3.05, 3.63) is 72.2 Å². The SMILES string of the molecule is CC(C)(C)N(CCNC1CN(c2cccc(-c3cnc4ccc(N5CCC[C@@H]5c5cccc(F)c5)nn34)n2)C1)C(=O)O. The number of carbonyl (C=O) groups is 1. The van der Waals surface area contributed by atoms with Gasteiger partial charge in [-0.2, -0.15) is 0 Å². The standard InChI is InChI=1S/C31H37FN8O2/c1-31(2,3)39(30(41)42)16-14-33-23-19-37(20-23)28-11-5-9-24(35-28)26-18-34-27-12-13-29(36-40(26)27)38-15-6-10-25(38)21-7-4-8-22(32)17-21/h4-5,7-9,11-13,17-18,23,25,33H,6,10,14-16,19-20H2,1-3H3,(H,41,42)/t25-/m1/s1. The molecule has 1 amide bonds. The van der Waals surface area contributed by atoms with E-state index in [4.69, 9.17) is 10.1 Å². The molecule has 220 valence electrons. The van der Waals surface area contributed by atoms with Crippen LogP contribution in [0.25, 0.3) is 17.0 Å². The lowest BCUT2D eigenvalue weighted by Gasteiger charge is -2.41. The normalized spacial score (nSPS) is 17.6. The highest BCUT2D eigenvalue weighted by Crippen LogP contribution is 2.36. The molecule has 0 radical (unpaired) electrons. The van der Waals surface area contributed by atoms with Gasteiger partial charge < -0.3 is 25.1 Å². The Hall–Kier alpha value is -4.25. The van der Waals surface area contributed by atoms with Gasteiger partial charge in [0.2, 0.25) is 0 Å². The third-order valence-corrected chi connectivity index (χ3v) is 8.14. The summed E-state index contributed by atoms with van der Waals surface area (Å²) in [5.41, 5.74) is 2.86. The van der Waals surface area contributed by atoms with Gasteiger partial charge in [-0.3, -0.25) is 0 Å². The van der Waals surface area contributed by atoms with Gasteiger partial charge in [-0.25, -0.2) is 23.7 Å². The highest BCUT2D eigenvalue weighted by molar-refractivity contribution is 5.66. The second-order valence-electron chi connectivity index (χ2n) is 12.1. The molecule has 42 heavy (non-hydrogen) atoms. The summed E-state index contributed by atoms with van der Waals surface area (Å²) in [5, 5.41) is 17.9. The summed E-state index contributed by atoms with van der Waals surface area (Å²) in [6.07, 6.45) is 2.86. The Balaban J connectivity index is 1.14. The number of amides is 1. The first-order valence-electron chi connectivity index (χ1n) is 14.5. The van der Waals surface area contributed by atoms with Crippen LogP contribution in [0, 0.1) is 5.82 Å². The van der Waals surface area contributed by atoms with E-state index in [0.717, 1.165) is 66.7 Å². The average molecular weight is 573 g/mol. The number of hydrogen-bond acceptors (Lipinski definition) is 7. The third kappa shape index (κ3) is 5.61. The zero-order chi connectivity index (χ0) is 29.4. The van der Waals surface area contributed by atoms with Crippen molar-refractivity contribution in [3.8, 4) is 11.4 Å². The van der Waals surface area contributed by atoms with Crippen molar-refractivity contribution in [2.24, 2.45) is 0 Å². The van der Waals surface area contributed by atoms with Gasteiger partial charge in [-0.15, -0.1) is 5.10 Å². The molecule has 0 aliphatic carbocycles. The first kappa shape index (κ1) is 27.9. The minimum atomic E-state index is -0.901. The van der Waals surface area contributed by atoms with Gasteiger partial charge in [-0.05, 0) is 75.6 Å². The summed E-state index contributed by atoms with van der Waals surface area (Å²) in [6, 6.07) is 17.1. The van der Waals surface area contributed by atoms with Gasteiger partial charge in [0.05, 0.1) is 17.9 Å². The molecule has 5 heterocycles. The van der Waals surface area contributed by atoms with E-state index in [1.54, 1.807) is 18.3 Å². The van der Waals surface area contributed by atoms with Crippen LogP contribution in [0.5, 0.6) is 0 Å². The first-order valence-corrected chi connectivity index (χ1v) is 14.5. The summed E-state index contributed by atoms with van der Waals surface area (Å²) in [6.45, 7) is 9.20. The van der Waals surface area contributed by atoms with Gasteiger partial charge in [0, 0.05) is 44.3 Å². The van der Waals surface area contributed by atoms with E-state index in [2.05, 4.69) is 20.1 Å². The minimum Gasteiger partial charge on any atom is -0.465 e. The van der Waals surface area contributed by atoms with Crippen molar-refractivity contribution in [3.63, 3.8) is 0 Å². The molecule has 4 aromatic rings. The smallest absolute Gasteiger partial charge is 0.407 e. The molecule has 2 fully saturated rings. The number of anilines is 2. The molecule has 3 aromatic heterocycles. The number of fused-ring (bicyclic) bond motifs is 1. The highest BCUT2D eigenvalue weighted by atomic mass is 19.1. The third-order valence-electron chi connectivity index (χ3n) is 8.14. The van der Waals surface area contributed by atoms with Gasteiger partial charge in [0.25, 0.3) is 0 Å². The number of imidazole rings is 1. The van der Waals surface area contributed by atoms with Crippen molar-refractivity contribution in [2.75, 3.05) is 42.5 Å². The van der Waals surface area contributed by atoms with Crippen molar-refractivity contribution in [2.45, 2.75) is 51.2 Å². The molecule has 10 nitrogen and oxygen atoms in total. The number of aromatic nitrogens is 4. The predicted molar refractivity (Wildman–Crippen MR) is 160 cm³/mol. The molecule has 0 bridgehead atoms. The lowest BCUT2D eigenvalue weighted by atomic mass is 10.0. The molecule has 0 spiro atoms. The summed E-state index contributed by atoms with van der Waals surface area (Å²) in [5.74, 6) is 1.48. The molecule has 2 saturated heterocycles. The van der Waals surface area contributed by atoms with E-state index in [-0.39, 0.29) is 17.9 Å². The largest absolute Gasteiger partial charge is 0.465 e. The molecule has 6 rings (SSSR count). The van der Waals surface area contributed by atoms with Crippen LogP contribution >= 0.6 is 0 Å². The van der Waals surface area contributed by atoms with E-state index in [1.807, 2.05) is 61.7 Å². The Labute approximate surface area is 244 Å². The van der Waals surface area contributed by atoms with E-state index in [1.165, 1.54) is 11.0 Å². The molecular formula is C31H37FN8O2. The summed E-state index contributed by atoms with van der Waals surface area (Å²) in [7, 11) is 0. The Morgan fingerprint density at radius 1 is 1.12 bits per heavy atom. The van der Waals surface area contributed by atoms with Crippen LogP contribution in [0.3, 0.4) is 0 Å². The van der Waals surface area contributed by atoms with Crippen LogP contribution < -0.4 is 15.1 Å². The van der Waals surface area contributed by atoms with Gasteiger partial charge in [0.1, 0.15) is 23.1 Å². The highest BCUT2D eigenvalue weighted by Gasteiger charge is 2.30. The molecule has 2 aliphatic rings. The quantitative estimate of drug-likeness (QED) is 0.310. The molecule has 0 unspecified atom stereocenters. The Bertz CT molecular complexity index is 1580. The molecule has 11 heteroatoms. The second-order valence-corrected chi connectivity index (χ2v) is 12.1. The number of carboxylic acid groups (broad SMARTS) is 1. The second kappa shape index (κ2) is 11.2. The van der Waals surface area contributed by atoms with Crippen LogP contribution in [0.15, 0.2) is 60.8 Å². The van der Waals surface area contributed by atoms with Crippen LogP contribution in [-0.2, 0) is 0 Å². The number of nitrogens with one attached hydrogen (secondary N) is 1. The van der Waals surface area contributed by atoms with E-state index < -0.39 is 11.6 Å². The van der Waals surface area contributed by atoms with Crippen molar-refractivity contribution in [1.82, 2.24) is 29.8 Å². The number of nitrogens with zero attached hydrogens (tertiary/aromatic N) is 7. The van der Waals surface area contributed by atoms with Crippen molar-refractivity contribution < 1.29 is 14.3 Å². The van der Waals surface area contributed by atoms with E-state index >= 15 is 0 Å². The van der Waals surface area contributed by atoms with Crippen LogP contribution in [0.2, 0.25) is 0 Å². The molecule has 2 aliphatic heterocycles. The molecule has 0 saturated carbocycles. The molecular weight excluding hydrogens is 535 g/mol. The van der Waals surface area contributed by atoms with Crippen LogP contribution in [0.1, 0.15) is 45.2 Å². The summed E-state index contributed by atoms with van der Waals surface area (Å²) >= 11 is 0. The fraction of sp³-hybridized carbons (Fsp3) is 0.419. The Morgan fingerprint density at radius 3 is 2.69 bits per heavy atom. The van der Waals surface area contributed by atoms with Gasteiger partial charge in [0.15, 0.2) is 5.65 Å². The number of benzene rings is 1. The molecule has 2 N–H and O–H groups in total. The maximum atomic E-state index is 14.0. The fourth-order valence-corrected chi connectivity index (χ4v) is 5.93. The lowest BCUT2D eigenvalue weighted by Crippen LogP contribution is -2.60. The van der Waals surface area contributed by atoms with Crippen LogP contribution in [-0.4, -0.2) is 80.0 Å². The predicted octanol–water partition coefficient (Wildman–Crippen LogP) is 4.83. The topological polar surface area (TPSA) is 102 Å². The lowest BCUT2D eigenvalue weighted by molar-refractivity contribution is 0.0999. The molecule has 1 aromatic carbocycles. The van der Waals surface area contributed by atoms with Crippen molar-refractivity contribution in [1.29, 1.82) is 0 Å². The summed E-state index contributed by atoms with van der Waals surface area (Å²) < 4.78 is 15.8. The zero-order valence-electron chi connectivity index (χ0n) is 24.2.